The van der Waals surface area contributed by atoms with E-state index in [4.69, 9.17) is 5.11 Å². The minimum Gasteiger partial charge on any atom is -0.396 e. The van der Waals surface area contributed by atoms with E-state index < -0.39 is 6.10 Å². The highest BCUT2D eigenvalue weighted by molar-refractivity contribution is 5.79. The van der Waals surface area contributed by atoms with Crippen LogP contribution in [0, 0.1) is 11.8 Å². The Hall–Kier alpha value is -0.610. The Balaban J connectivity index is 1.79. The van der Waals surface area contributed by atoms with Crippen molar-refractivity contribution < 1.29 is 15.0 Å². The molecule has 0 radical (unpaired) electrons. The Morgan fingerprint density at radius 1 is 1.25 bits per heavy atom. The molecule has 0 aromatic heterocycles. The van der Waals surface area contributed by atoms with Crippen molar-refractivity contribution in [3.63, 3.8) is 0 Å². The highest BCUT2D eigenvalue weighted by Crippen LogP contribution is 2.28. The molecular weight excluding hydrogens is 206 g/mol. The number of aliphatic hydroxyl groups is 2. The summed E-state index contributed by atoms with van der Waals surface area (Å²) in [6, 6.07) is 0.0558. The predicted octanol–water partition coefficient (Wildman–Crippen LogP) is 0.425. The molecule has 0 unspecified atom stereocenters. The standard InChI is InChI=1S/C12H21NO3/c14-7-9-5-10(6-11(9)15)13-12(16)8-3-1-2-4-8/h8-11,14-15H,1-7H2,(H,13,16)/t9-,10+,11+/m0/s1. The van der Waals surface area contributed by atoms with E-state index >= 15 is 0 Å². The predicted molar refractivity (Wildman–Crippen MR) is 59.7 cm³/mol. The van der Waals surface area contributed by atoms with Gasteiger partial charge in [-0.3, -0.25) is 4.79 Å². The van der Waals surface area contributed by atoms with E-state index in [1.165, 1.54) is 0 Å². The van der Waals surface area contributed by atoms with Gasteiger partial charge in [0.15, 0.2) is 0 Å². The molecule has 2 saturated carbocycles. The van der Waals surface area contributed by atoms with Crippen molar-refractivity contribution in [2.24, 2.45) is 11.8 Å². The van der Waals surface area contributed by atoms with Crippen molar-refractivity contribution in [2.75, 3.05) is 6.61 Å². The molecule has 0 aromatic rings. The van der Waals surface area contributed by atoms with Crippen LogP contribution in [0.2, 0.25) is 0 Å². The molecule has 0 saturated heterocycles. The van der Waals surface area contributed by atoms with Crippen LogP contribution in [0.15, 0.2) is 0 Å². The maximum Gasteiger partial charge on any atom is 0.223 e. The number of amides is 1. The molecule has 16 heavy (non-hydrogen) atoms. The Morgan fingerprint density at radius 2 is 1.94 bits per heavy atom. The second-order valence-electron chi connectivity index (χ2n) is 5.17. The van der Waals surface area contributed by atoms with Gasteiger partial charge in [-0.15, -0.1) is 0 Å². The Labute approximate surface area is 96.0 Å². The van der Waals surface area contributed by atoms with E-state index in [1.807, 2.05) is 0 Å². The summed E-state index contributed by atoms with van der Waals surface area (Å²) in [6.07, 6.45) is 5.16. The number of hydrogen-bond acceptors (Lipinski definition) is 3. The fourth-order valence-corrected chi connectivity index (χ4v) is 2.92. The molecule has 3 N–H and O–H groups in total. The Morgan fingerprint density at radius 3 is 2.50 bits per heavy atom. The van der Waals surface area contributed by atoms with Crippen LogP contribution in [0.1, 0.15) is 38.5 Å². The van der Waals surface area contributed by atoms with Crippen LogP contribution in [0.5, 0.6) is 0 Å². The number of aliphatic hydroxyl groups excluding tert-OH is 2. The molecule has 2 aliphatic rings. The zero-order valence-electron chi connectivity index (χ0n) is 9.56. The summed E-state index contributed by atoms with van der Waals surface area (Å²) in [4.78, 5) is 11.8. The zero-order chi connectivity index (χ0) is 11.5. The number of nitrogens with one attached hydrogen (secondary N) is 1. The first-order valence-corrected chi connectivity index (χ1v) is 6.30. The lowest BCUT2D eigenvalue weighted by Gasteiger charge is -2.15. The molecule has 2 rings (SSSR count). The van der Waals surface area contributed by atoms with Gasteiger partial charge in [-0.25, -0.2) is 0 Å². The fourth-order valence-electron chi connectivity index (χ4n) is 2.92. The summed E-state index contributed by atoms with van der Waals surface area (Å²) in [6.45, 7) is 0.0109. The fraction of sp³-hybridized carbons (Fsp3) is 0.917. The molecule has 3 atom stereocenters. The molecule has 2 aliphatic carbocycles. The van der Waals surface area contributed by atoms with Crippen molar-refractivity contribution in [3.05, 3.63) is 0 Å². The van der Waals surface area contributed by atoms with E-state index in [0.717, 1.165) is 25.7 Å². The summed E-state index contributed by atoms with van der Waals surface area (Å²) in [5, 5.41) is 21.7. The third kappa shape index (κ3) is 2.55. The van der Waals surface area contributed by atoms with Gasteiger partial charge in [-0.05, 0) is 25.7 Å². The van der Waals surface area contributed by atoms with Gasteiger partial charge in [0.05, 0.1) is 6.10 Å². The maximum atomic E-state index is 11.8. The SMILES string of the molecule is O=C(N[C@@H]1C[C@@H](CO)[C@H](O)C1)C1CCCC1. The van der Waals surface area contributed by atoms with Crippen LogP contribution in [0.3, 0.4) is 0 Å². The number of hydrogen-bond donors (Lipinski definition) is 3. The minimum atomic E-state index is -0.459. The van der Waals surface area contributed by atoms with Crippen LogP contribution in [-0.2, 0) is 4.79 Å². The van der Waals surface area contributed by atoms with E-state index in [-0.39, 0.29) is 30.4 Å². The van der Waals surface area contributed by atoms with Crippen LogP contribution >= 0.6 is 0 Å². The monoisotopic (exact) mass is 227 g/mol. The largest absolute Gasteiger partial charge is 0.396 e. The highest BCUT2D eigenvalue weighted by atomic mass is 16.3. The van der Waals surface area contributed by atoms with Gasteiger partial charge in [0.1, 0.15) is 0 Å². The van der Waals surface area contributed by atoms with E-state index in [9.17, 15) is 9.90 Å². The molecule has 4 nitrogen and oxygen atoms in total. The molecule has 0 aliphatic heterocycles. The first-order valence-electron chi connectivity index (χ1n) is 6.30. The normalized spacial score (nSPS) is 35.5. The number of carbonyl (C=O) groups is 1. The number of rotatable bonds is 3. The quantitative estimate of drug-likeness (QED) is 0.654. The van der Waals surface area contributed by atoms with E-state index in [0.29, 0.717) is 12.8 Å². The third-order valence-electron chi connectivity index (χ3n) is 3.96. The third-order valence-corrected chi connectivity index (χ3v) is 3.96. The summed E-state index contributed by atoms with van der Waals surface area (Å²) < 4.78 is 0. The van der Waals surface area contributed by atoms with Gasteiger partial charge in [-0.1, -0.05) is 12.8 Å². The van der Waals surface area contributed by atoms with Gasteiger partial charge >= 0.3 is 0 Å². The highest BCUT2D eigenvalue weighted by Gasteiger charge is 2.34. The average molecular weight is 227 g/mol. The van der Waals surface area contributed by atoms with Gasteiger partial charge in [-0.2, -0.15) is 0 Å². The lowest BCUT2D eigenvalue weighted by Crippen LogP contribution is -2.37. The Kier molecular flexibility index (Phi) is 3.82. The molecule has 2 fully saturated rings. The van der Waals surface area contributed by atoms with Gasteiger partial charge in [0.25, 0.3) is 0 Å². The van der Waals surface area contributed by atoms with Gasteiger partial charge in [0.2, 0.25) is 5.91 Å². The van der Waals surface area contributed by atoms with Crippen molar-refractivity contribution in [1.82, 2.24) is 5.32 Å². The molecule has 0 spiro atoms. The van der Waals surface area contributed by atoms with Crippen LogP contribution in [0.25, 0.3) is 0 Å². The van der Waals surface area contributed by atoms with Crippen molar-refractivity contribution >= 4 is 5.91 Å². The van der Waals surface area contributed by atoms with Crippen molar-refractivity contribution in [2.45, 2.75) is 50.7 Å². The average Bonchev–Trinajstić information content (AvgIpc) is 2.87. The second-order valence-corrected chi connectivity index (χ2v) is 5.17. The molecule has 4 heteroatoms. The molecular formula is C12H21NO3. The van der Waals surface area contributed by atoms with Crippen LogP contribution in [0.4, 0.5) is 0 Å². The smallest absolute Gasteiger partial charge is 0.223 e. The summed E-state index contributed by atoms with van der Waals surface area (Å²) in [5.41, 5.74) is 0. The molecule has 0 bridgehead atoms. The summed E-state index contributed by atoms with van der Waals surface area (Å²) in [5.74, 6) is 0.271. The Bertz CT molecular complexity index is 251. The molecule has 0 heterocycles. The van der Waals surface area contributed by atoms with Crippen molar-refractivity contribution in [3.8, 4) is 0 Å². The summed E-state index contributed by atoms with van der Waals surface area (Å²) in [7, 11) is 0. The van der Waals surface area contributed by atoms with E-state index in [2.05, 4.69) is 5.32 Å². The second kappa shape index (κ2) is 5.15. The van der Waals surface area contributed by atoms with Gasteiger partial charge in [0, 0.05) is 24.5 Å². The molecule has 0 aromatic carbocycles. The van der Waals surface area contributed by atoms with Crippen LogP contribution in [-0.4, -0.2) is 34.9 Å². The first-order chi connectivity index (χ1) is 7.70. The minimum absolute atomic E-state index is 0.0109. The van der Waals surface area contributed by atoms with E-state index in [1.54, 1.807) is 0 Å². The summed E-state index contributed by atoms with van der Waals surface area (Å²) >= 11 is 0. The zero-order valence-corrected chi connectivity index (χ0v) is 9.56. The van der Waals surface area contributed by atoms with Crippen LogP contribution < -0.4 is 5.32 Å². The topological polar surface area (TPSA) is 69.6 Å². The van der Waals surface area contributed by atoms with Crippen molar-refractivity contribution in [1.29, 1.82) is 0 Å². The first kappa shape index (κ1) is 11.9. The lowest BCUT2D eigenvalue weighted by atomic mass is 10.1. The number of carbonyl (C=O) groups excluding carboxylic acids is 1. The lowest BCUT2D eigenvalue weighted by molar-refractivity contribution is -0.125. The molecule has 92 valence electrons. The molecule has 1 amide bonds. The maximum absolute atomic E-state index is 11.8. The van der Waals surface area contributed by atoms with Gasteiger partial charge < -0.3 is 15.5 Å².